The molecule has 0 bridgehead atoms. The van der Waals surface area contributed by atoms with E-state index in [1.165, 1.54) is 0 Å². The van der Waals surface area contributed by atoms with Gasteiger partial charge in [-0.05, 0) is 49.1 Å². The van der Waals surface area contributed by atoms with Gasteiger partial charge in [-0.25, -0.2) is 14.6 Å². The maximum absolute atomic E-state index is 13.1. The lowest BCUT2D eigenvalue weighted by Gasteiger charge is -2.24. The van der Waals surface area contributed by atoms with Crippen molar-refractivity contribution in [1.82, 2.24) is 24.6 Å². The number of benzene rings is 2. The van der Waals surface area contributed by atoms with Crippen LogP contribution in [0.2, 0.25) is 5.02 Å². The molecule has 1 saturated heterocycles. The van der Waals surface area contributed by atoms with E-state index < -0.39 is 0 Å². The van der Waals surface area contributed by atoms with Crippen LogP contribution in [0.3, 0.4) is 0 Å². The second kappa shape index (κ2) is 10.7. The predicted molar refractivity (Wildman–Crippen MR) is 144 cm³/mol. The Kier molecular flexibility index (Phi) is 7.18. The Labute approximate surface area is 216 Å². The molecule has 0 unspecified atom stereocenters. The quantitative estimate of drug-likeness (QED) is 0.352. The maximum atomic E-state index is 13.1. The summed E-state index contributed by atoms with van der Waals surface area (Å²) in [7, 11) is 0. The minimum atomic E-state index is 0.0803. The highest BCUT2D eigenvalue weighted by molar-refractivity contribution is 6.30. The minimum Gasteiger partial charge on any atom is -0.354 e. The first-order valence-electron chi connectivity index (χ1n) is 12.6. The number of hydrogen-bond donors (Lipinski definition) is 0. The monoisotopic (exact) mass is 502 g/mol. The van der Waals surface area contributed by atoms with Crippen molar-refractivity contribution in [3.05, 3.63) is 77.2 Å². The van der Waals surface area contributed by atoms with Crippen LogP contribution in [0.25, 0.3) is 16.7 Å². The molecule has 1 aliphatic heterocycles. The molecule has 5 rings (SSSR count). The third-order valence-electron chi connectivity index (χ3n) is 6.56. The van der Waals surface area contributed by atoms with E-state index in [1.54, 1.807) is 0 Å². The summed E-state index contributed by atoms with van der Waals surface area (Å²) in [5.74, 6) is 2.34. The van der Waals surface area contributed by atoms with Gasteiger partial charge in [0.2, 0.25) is 0 Å². The zero-order chi connectivity index (χ0) is 25.1. The van der Waals surface area contributed by atoms with Crippen LogP contribution in [0.1, 0.15) is 42.9 Å². The van der Waals surface area contributed by atoms with Gasteiger partial charge in [0.15, 0.2) is 5.65 Å². The van der Waals surface area contributed by atoms with Crippen LogP contribution < -0.4 is 4.90 Å². The Morgan fingerprint density at radius 1 is 1.00 bits per heavy atom. The molecule has 1 amide bonds. The van der Waals surface area contributed by atoms with Gasteiger partial charge in [0.05, 0.1) is 17.3 Å². The molecular formula is C28H31ClN6O. The van der Waals surface area contributed by atoms with Gasteiger partial charge >= 0.3 is 0 Å². The van der Waals surface area contributed by atoms with Crippen LogP contribution in [0, 0.1) is 5.92 Å². The highest BCUT2D eigenvalue weighted by Crippen LogP contribution is 2.28. The van der Waals surface area contributed by atoms with Crippen LogP contribution in [0.4, 0.5) is 5.82 Å². The normalized spacial score (nSPS) is 14.4. The second-order valence-electron chi connectivity index (χ2n) is 9.67. The first-order valence-corrected chi connectivity index (χ1v) is 13.0. The van der Waals surface area contributed by atoms with Crippen molar-refractivity contribution in [3.8, 4) is 5.69 Å². The number of nitrogens with zero attached hydrogens (tertiary/aromatic N) is 6. The Balaban J connectivity index is 1.48. The average molecular weight is 503 g/mol. The van der Waals surface area contributed by atoms with Crippen molar-refractivity contribution in [2.45, 2.75) is 33.1 Å². The summed E-state index contributed by atoms with van der Waals surface area (Å²) in [4.78, 5) is 27.2. The molecule has 8 heteroatoms. The largest absolute Gasteiger partial charge is 0.354 e. The summed E-state index contributed by atoms with van der Waals surface area (Å²) in [5.41, 5.74) is 2.38. The van der Waals surface area contributed by atoms with E-state index in [0.717, 1.165) is 66.3 Å². The van der Waals surface area contributed by atoms with Gasteiger partial charge < -0.3 is 9.80 Å². The molecule has 0 saturated carbocycles. The molecule has 186 valence electrons. The molecule has 7 nitrogen and oxygen atoms in total. The molecule has 0 spiro atoms. The topological polar surface area (TPSA) is 67.2 Å². The number of hydrogen-bond acceptors (Lipinski definition) is 5. The standard InChI is InChI=1S/C28H31ClN6O/c1-20(2)12-13-25-31-26(24-19-30-35(27(24)32-25)23-11-6-10-22(29)18-23)33-14-7-15-34(17-16-33)28(36)21-8-4-3-5-9-21/h3-6,8-11,18-20H,7,12-17H2,1-2H3. The fraction of sp³-hybridized carbons (Fsp3) is 0.357. The van der Waals surface area contributed by atoms with E-state index >= 15 is 0 Å². The van der Waals surface area contributed by atoms with Crippen molar-refractivity contribution < 1.29 is 4.79 Å². The summed E-state index contributed by atoms with van der Waals surface area (Å²) in [6, 6.07) is 17.1. The van der Waals surface area contributed by atoms with Crippen LogP contribution in [-0.2, 0) is 6.42 Å². The Hall–Kier alpha value is -3.45. The van der Waals surface area contributed by atoms with Gasteiger partial charge in [0, 0.05) is 43.2 Å². The van der Waals surface area contributed by atoms with Crippen molar-refractivity contribution in [3.63, 3.8) is 0 Å². The zero-order valence-corrected chi connectivity index (χ0v) is 21.5. The summed E-state index contributed by atoms with van der Waals surface area (Å²) >= 11 is 6.27. The molecule has 0 N–H and O–H groups in total. The lowest BCUT2D eigenvalue weighted by molar-refractivity contribution is 0.0767. The van der Waals surface area contributed by atoms with Gasteiger partial charge in [0.25, 0.3) is 5.91 Å². The molecule has 3 heterocycles. The number of aromatic nitrogens is 4. The van der Waals surface area contributed by atoms with Gasteiger partial charge in [-0.15, -0.1) is 0 Å². The highest BCUT2D eigenvalue weighted by Gasteiger charge is 2.24. The van der Waals surface area contributed by atoms with Gasteiger partial charge in [-0.3, -0.25) is 4.79 Å². The number of aryl methyl sites for hydroxylation is 1. The van der Waals surface area contributed by atoms with Crippen molar-refractivity contribution >= 4 is 34.4 Å². The van der Waals surface area contributed by atoms with Gasteiger partial charge in [0.1, 0.15) is 11.6 Å². The minimum absolute atomic E-state index is 0.0803. The summed E-state index contributed by atoms with van der Waals surface area (Å²) in [6.07, 6.45) is 4.52. The van der Waals surface area contributed by atoms with Crippen LogP contribution in [0.15, 0.2) is 60.8 Å². The first-order chi connectivity index (χ1) is 17.5. The van der Waals surface area contributed by atoms with Gasteiger partial charge in [-0.2, -0.15) is 5.10 Å². The maximum Gasteiger partial charge on any atom is 0.253 e. The molecular weight excluding hydrogens is 472 g/mol. The fourth-order valence-corrected chi connectivity index (χ4v) is 4.78. The fourth-order valence-electron chi connectivity index (χ4n) is 4.60. The number of carbonyl (C=O) groups excluding carboxylic acids is 1. The Morgan fingerprint density at radius 3 is 2.61 bits per heavy atom. The van der Waals surface area contributed by atoms with E-state index in [9.17, 15) is 4.79 Å². The molecule has 2 aromatic heterocycles. The molecule has 4 aromatic rings. The van der Waals surface area contributed by atoms with Crippen LogP contribution in [0.5, 0.6) is 0 Å². The van der Waals surface area contributed by atoms with E-state index in [1.807, 2.05) is 70.4 Å². The SMILES string of the molecule is CC(C)CCc1nc(N2CCCN(C(=O)c3ccccc3)CC2)c2cnn(-c3cccc(Cl)c3)c2n1. The highest BCUT2D eigenvalue weighted by atomic mass is 35.5. The van der Waals surface area contributed by atoms with E-state index in [-0.39, 0.29) is 5.91 Å². The number of anilines is 1. The second-order valence-corrected chi connectivity index (χ2v) is 10.1. The first kappa shape index (κ1) is 24.3. The lowest BCUT2D eigenvalue weighted by atomic mass is 10.1. The molecule has 2 aromatic carbocycles. The third kappa shape index (κ3) is 5.21. The molecule has 36 heavy (non-hydrogen) atoms. The van der Waals surface area contributed by atoms with E-state index in [0.29, 0.717) is 24.0 Å². The van der Waals surface area contributed by atoms with Gasteiger partial charge in [-0.1, -0.05) is 49.7 Å². The number of amides is 1. The number of halogens is 1. The summed E-state index contributed by atoms with van der Waals surface area (Å²) in [5, 5.41) is 6.23. The van der Waals surface area contributed by atoms with Crippen molar-refractivity contribution in [1.29, 1.82) is 0 Å². The predicted octanol–water partition coefficient (Wildman–Crippen LogP) is 5.41. The van der Waals surface area contributed by atoms with Crippen molar-refractivity contribution in [2.75, 3.05) is 31.1 Å². The number of rotatable bonds is 6. The summed E-state index contributed by atoms with van der Waals surface area (Å²) < 4.78 is 1.84. The Morgan fingerprint density at radius 2 is 1.83 bits per heavy atom. The molecule has 0 aliphatic carbocycles. The van der Waals surface area contributed by atoms with Crippen molar-refractivity contribution in [2.24, 2.45) is 5.92 Å². The van der Waals surface area contributed by atoms with Crippen LogP contribution in [-0.4, -0.2) is 56.7 Å². The average Bonchev–Trinajstić information content (AvgIpc) is 3.16. The number of fused-ring (bicyclic) bond motifs is 1. The Bertz CT molecular complexity index is 1350. The molecule has 0 radical (unpaired) electrons. The number of carbonyl (C=O) groups is 1. The lowest BCUT2D eigenvalue weighted by Crippen LogP contribution is -2.35. The smallest absolute Gasteiger partial charge is 0.253 e. The van der Waals surface area contributed by atoms with E-state index in [4.69, 9.17) is 21.6 Å². The molecule has 0 atom stereocenters. The molecule has 1 fully saturated rings. The summed E-state index contributed by atoms with van der Waals surface area (Å²) in [6.45, 7) is 7.31. The van der Waals surface area contributed by atoms with E-state index in [2.05, 4.69) is 23.8 Å². The zero-order valence-electron chi connectivity index (χ0n) is 20.8. The van der Waals surface area contributed by atoms with Crippen LogP contribution >= 0.6 is 11.6 Å². The molecule has 1 aliphatic rings. The third-order valence-corrected chi connectivity index (χ3v) is 6.79.